The van der Waals surface area contributed by atoms with Gasteiger partial charge in [-0.05, 0) is 70.1 Å². The van der Waals surface area contributed by atoms with Gasteiger partial charge in [0.25, 0.3) is 0 Å². The highest BCUT2D eigenvalue weighted by Crippen LogP contribution is 2.46. The third-order valence-electron chi connectivity index (χ3n) is 7.46. The molecule has 38 heavy (non-hydrogen) atoms. The first-order chi connectivity index (χ1) is 18.2. The van der Waals surface area contributed by atoms with E-state index in [1.165, 1.54) is 0 Å². The molecule has 2 aromatic heterocycles. The molecular formula is C32H32N2O4. The number of alkyl carbamates (subject to hydrolysis) is 1. The summed E-state index contributed by atoms with van der Waals surface area (Å²) in [4.78, 5) is 31.1. The minimum absolute atomic E-state index is 0.0682. The minimum atomic E-state index is -0.644. The number of rotatable bonds is 5. The van der Waals surface area contributed by atoms with Crippen molar-refractivity contribution in [1.29, 1.82) is 0 Å². The summed E-state index contributed by atoms with van der Waals surface area (Å²) in [7, 11) is 0. The molecule has 0 saturated heterocycles. The van der Waals surface area contributed by atoms with E-state index in [4.69, 9.17) is 9.15 Å². The molecule has 6 heteroatoms. The van der Waals surface area contributed by atoms with Gasteiger partial charge < -0.3 is 14.5 Å². The van der Waals surface area contributed by atoms with Crippen molar-refractivity contribution in [3.8, 4) is 22.5 Å². The summed E-state index contributed by atoms with van der Waals surface area (Å²) >= 11 is 0. The van der Waals surface area contributed by atoms with Crippen molar-refractivity contribution in [1.82, 2.24) is 10.3 Å². The van der Waals surface area contributed by atoms with Crippen LogP contribution in [-0.2, 0) is 10.3 Å². The number of nitrogens with one attached hydrogen (secondary N) is 1. The van der Waals surface area contributed by atoms with Crippen LogP contribution in [0.4, 0.5) is 4.79 Å². The van der Waals surface area contributed by atoms with Crippen molar-refractivity contribution in [2.45, 2.75) is 69.9 Å². The molecule has 0 spiro atoms. The summed E-state index contributed by atoms with van der Waals surface area (Å²) in [6.07, 6.45) is 5.97. The molecule has 2 heterocycles. The average molecular weight is 509 g/mol. The quantitative estimate of drug-likeness (QED) is 0.306. The van der Waals surface area contributed by atoms with E-state index in [-0.39, 0.29) is 11.0 Å². The third kappa shape index (κ3) is 4.49. The van der Waals surface area contributed by atoms with Crippen LogP contribution < -0.4 is 10.7 Å². The number of nitrogens with zero attached hydrogens (tertiary/aromatic N) is 1. The number of amides is 1. The first-order valence-corrected chi connectivity index (χ1v) is 13.4. The summed E-state index contributed by atoms with van der Waals surface area (Å²) in [5.41, 5.74) is 3.44. The first kappa shape index (κ1) is 24.4. The van der Waals surface area contributed by atoms with Gasteiger partial charge in [-0.2, -0.15) is 0 Å². The molecule has 1 N–H and O–H groups in total. The Morgan fingerprint density at radius 3 is 2.32 bits per heavy atom. The van der Waals surface area contributed by atoms with Gasteiger partial charge in [0.2, 0.25) is 5.43 Å². The Hall–Kier alpha value is -3.93. The van der Waals surface area contributed by atoms with E-state index in [1.54, 1.807) is 12.3 Å². The molecule has 2 aliphatic carbocycles. The minimum Gasteiger partial charge on any atom is -0.453 e. The number of aromatic nitrogens is 1. The fourth-order valence-corrected chi connectivity index (χ4v) is 5.24. The Kier molecular flexibility index (Phi) is 5.86. The summed E-state index contributed by atoms with van der Waals surface area (Å²) in [5.74, 6) is 0.898. The number of pyridine rings is 1. The molecule has 6 rings (SSSR count). The smallest absolute Gasteiger partial charge is 0.408 e. The van der Waals surface area contributed by atoms with Crippen molar-refractivity contribution in [3.05, 3.63) is 88.3 Å². The molecule has 0 unspecified atom stereocenters. The topological polar surface area (TPSA) is 81.4 Å². The molecular weight excluding hydrogens is 476 g/mol. The number of ether oxygens (including phenoxy) is 1. The number of carbonyl (C=O) groups is 1. The van der Waals surface area contributed by atoms with Crippen LogP contribution in [0, 0.1) is 0 Å². The Bertz CT molecular complexity index is 1560. The lowest BCUT2D eigenvalue weighted by atomic mass is 9.74. The van der Waals surface area contributed by atoms with Gasteiger partial charge in [0.15, 0.2) is 5.58 Å². The van der Waals surface area contributed by atoms with Crippen LogP contribution in [0.15, 0.2) is 76.1 Å². The molecule has 0 atom stereocenters. The molecule has 4 aromatic rings. The number of carbonyl (C=O) groups excluding carboxylic acids is 1. The van der Waals surface area contributed by atoms with E-state index in [1.807, 2.05) is 75.4 Å². The zero-order chi connectivity index (χ0) is 26.5. The number of benzene rings is 2. The SMILES string of the molecule is CC(C)(C)NC(=O)OC1(c2ccc(-c3c(-c4ccccc4)oc4c(C5CC5)nccc4c3=O)cc2)CCC1. The van der Waals surface area contributed by atoms with E-state index in [9.17, 15) is 9.59 Å². The van der Waals surface area contributed by atoms with Gasteiger partial charge in [0.1, 0.15) is 11.4 Å². The van der Waals surface area contributed by atoms with Crippen molar-refractivity contribution < 1.29 is 13.9 Å². The van der Waals surface area contributed by atoms with Crippen molar-refractivity contribution in [3.63, 3.8) is 0 Å². The van der Waals surface area contributed by atoms with Gasteiger partial charge in [-0.25, -0.2) is 4.79 Å². The van der Waals surface area contributed by atoms with Crippen LogP contribution in [-0.4, -0.2) is 16.6 Å². The highest BCUT2D eigenvalue weighted by Gasteiger charge is 2.43. The van der Waals surface area contributed by atoms with Gasteiger partial charge >= 0.3 is 6.09 Å². The molecule has 194 valence electrons. The lowest BCUT2D eigenvalue weighted by Crippen LogP contribution is -2.47. The summed E-state index contributed by atoms with van der Waals surface area (Å²) < 4.78 is 12.5. The first-order valence-electron chi connectivity index (χ1n) is 13.4. The normalized spacial score (nSPS) is 16.6. The van der Waals surface area contributed by atoms with Gasteiger partial charge in [0, 0.05) is 23.2 Å². The van der Waals surface area contributed by atoms with Gasteiger partial charge in [-0.3, -0.25) is 9.78 Å². The van der Waals surface area contributed by atoms with E-state index < -0.39 is 11.7 Å². The van der Waals surface area contributed by atoms with E-state index in [2.05, 4.69) is 10.3 Å². The lowest BCUT2D eigenvalue weighted by molar-refractivity contribution is -0.0549. The Balaban J connectivity index is 1.43. The second-order valence-corrected chi connectivity index (χ2v) is 11.5. The molecule has 0 aliphatic heterocycles. The lowest BCUT2D eigenvalue weighted by Gasteiger charge is -2.42. The zero-order valence-electron chi connectivity index (χ0n) is 22.0. The fourth-order valence-electron chi connectivity index (χ4n) is 5.24. The monoisotopic (exact) mass is 508 g/mol. The van der Waals surface area contributed by atoms with E-state index in [0.29, 0.717) is 28.2 Å². The van der Waals surface area contributed by atoms with Crippen LogP contribution in [0.25, 0.3) is 33.4 Å². The van der Waals surface area contributed by atoms with Crippen LogP contribution in [0.2, 0.25) is 0 Å². The van der Waals surface area contributed by atoms with Crippen molar-refractivity contribution >= 4 is 17.1 Å². The zero-order valence-corrected chi connectivity index (χ0v) is 22.0. The predicted octanol–water partition coefficient (Wildman–Crippen LogP) is 7.30. The van der Waals surface area contributed by atoms with E-state index >= 15 is 0 Å². The van der Waals surface area contributed by atoms with Gasteiger partial charge in [-0.15, -0.1) is 0 Å². The van der Waals surface area contributed by atoms with Gasteiger partial charge in [-0.1, -0.05) is 54.6 Å². The summed E-state index contributed by atoms with van der Waals surface area (Å²) in [6, 6.07) is 19.3. The fraction of sp³-hybridized carbons (Fsp3) is 0.344. The molecule has 0 radical (unpaired) electrons. The summed E-state index contributed by atoms with van der Waals surface area (Å²) in [6.45, 7) is 5.79. The molecule has 2 aliphatic rings. The maximum absolute atomic E-state index is 14.0. The molecule has 2 aromatic carbocycles. The summed E-state index contributed by atoms with van der Waals surface area (Å²) in [5, 5.41) is 3.45. The average Bonchev–Trinajstić information content (AvgIpc) is 3.71. The highest BCUT2D eigenvalue weighted by molar-refractivity contribution is 5.90. The number of hydrogen-bond donors (Lipinski definition) is 1. The largest absolute Gasteiger partial charge is 0.453 e. The van der Waals surface area contributed by atoms with E-state index in [0.717, 1.165) is 54.5 Å². The van der Waals surface area contributed by atoms with Crippen LogP contribution in [0.5, 0.6) is 0 Å². The maximum atomic E-state index is 14.0. The second kappa shape index (κ2) is 9.12. The third-order valence-corrected chi connectivity index (χ3v) is 7.46. The van der Waals surface area contributed by atoms with Crippen LogP contribution in [0.3, 0.4) is 0 Å². The predicted molar refractivity (Wildman–Crippen MR) is 148 cm³/mol. The Morgan fingerprint density at radius 2 is 1.71 bits per heavy atom. The van der Waals surface area contributed by atoms with Gasteiger partial charge in [0.05, 0.1) is 16.6 Å². The molecule has 6 nitrogen and oxygen atoms in total. The molecule has 1 amide bonds. The Morgan fingerprint density at radius 1 is 1.00 bits per heavy atom. The molecule has 0 bridgehead atoms. The highest BCUT2D eigenvalue weighted by atomic mass is 16.6. The molecule has 2 fully saturated rings. The Labute approximate surface area is 222 Å². The molecule has 2 saturated carbocycles. The number of fused-ring (bicyclic) bond motifs is 1. The van der Waals surface area contributed by atoms with Crippen molar-refractivity contribution in [2.75, 3.05) is 0 Å². The number of hydrogen-bond acceptors (Lipinski definition) is 5. The maximum Gasteiger partial charge on any atom is 0.408 e. The standard InChI is InChI=1S/C32H32N2O4/c1-31(2,3)34-30(36)38-32(17-7-18-32)23-14-12-20(13-15-23)25-27(35)24-16-19-33-26(21-10-11-21)29(24)37-28(25)22-8-5-4-6-9-22/h4-6,8-9,12-16,19,21H,7,10-11,17-18H2,1-3H3,(H,34,36). The van der Waals surface area contributed by atoms with Crippen molar-refractivity contribution in [2.24, 2.45) is 0 Å². The van der Waals surface area contributed by atoms with Crippen LogP contribution >= 0.6 is 0 Å². The second-order valence-electron chi connectivity index (χ2n) is 11.5. The van der Waals surface area contributed by atoms with Crippen LogP contribution in [0.1, 0.15) is 70.1 Å².